The topological polar surface area (TPSA) is 76.7 Å². The van der Waals surface area contributed by atoms with Gasteiger partial charge in [-0.2, -0.15) is 0 Å². The van der Waals surface area contributed by atoms with Gasteiger partial charge in [0, 0.05) is 17.8 Å². The Morgan fingerprint density at radius 1 is 1.08 bits per heavy atom. The molecule has 130 valence electrons. The highest BCUT2D eigenvalue weighted by atomic mass is 35.5. The van der Waals surface area contributed by atoms with E-state index in [0.717, 1.165) is 5.56 Å². The number of anilines is 1. The number of carbonyl (C=O) groups excluding carboxylic acids is 2. The first kappa shape index (κ1) is 17.4. The maximum atomic E-state index is 12.3. The summed E-state index contributed by atoms with van der Waals surface area (Å²) in [5.74, 6) is 0.520. The van der Waals surface area contributed by atoms with E-state index in [4.69, 9.17) is 32.7 Å². The van der Waals surface area contributed by atoms with Crippen molar-refractivity contribution in [3.05, 3.63) is 53.6 Å². The van der Waals surface area contributed by atoms with Crippen molar-refractivity contribution in [1.29, 1.82) is 0 Å². The largest absolute Gasteiger partial charge is 0.454 e. The minimum atomic E-state index is -1.18. The van der Waals surface area contributed by atoms with Gasteiger partial charge in [-0.3, -0.25) is 9.59 Å². The molecule has 2 aromatic carbocycles. The van der Waals surface area contributed by atoms with Gasteiger partial charge in [-0.25, -0.2) is 0 Å². The molecule has 1 aliphatic heterocycles. The van der Waals surface area contributed by atoms with Gasteiger partial charge in [0.25, 0.3) is 11.8 Å². The molecule has 0 fully saturated rings. The Hall–Kier alpha value is -2.44. The Balaban J connectivity index is 1.62. The van der Waals surface area contributed by atoms with Gasteiger partial charge < -0.3 is 20.1 Å². The van der Waals surface area contributed by atoms with Crippen LogP contribution in [0.5, 0.6) is 11.5 Å². The molecule has 0 aromatic heterocycles. The third-order valence-electron chi connectivity index (χ3n) is 3.48. The number of hydrogen-bond donors (Lipinski definition) is 2. The molecule has 0 aliphatic carbocycles. The fourth-order valence-corrected chi connectivity index (χ4v) is 2.38. The third kappa shape index (κ3) is 4.35. The molecule has 2 aromatic rings. The molecule has 3 rings (SSSR count). The molecular formula is C17H14Cl2N2O4. The number of amides is 2. The quantitative estimate of drug-likeness (QED) is 0.781. The Labute approximate surface area is 154 Å². The molecule has 2 N–H and O–H groups in total. The van der Waals surface area contributed by atoms with Crippen molar-refractivity contribution in [2.24, 2.45) is 0 Å². The SMILES string of the molecule is O=C(NCc1ccc2c(c1)OCO2)c1cccc(NC(=O)C(Cl)Cl)c1. The van der Waals surface area contributed by atoms with Gasteiger partial charge in [0.2, 0.25) is 6.79 Å². The number of halogens is 2. The van der Waals surface area contributed by atoms with Crippen LogP contribution in [0.25, 0.3) is 0 Å². The second-order valence-corrected chi connectivity index (χ2v) is 6.34. The summed E-state index contributed by atoms with van der Waals surface area (Å²) >= 11 is 11.0. The van der Waals surface area contributed by atoms with Gasteiger partial charge in [-0.05, 0) is 35.9 Å². The summed E-state index contributed by atoms with van der Waals surface area (Å²) in [4.78, 5) is 22.6. The van der Waals surface area contributed by atoms with E-state index in [0.29, 0.717) is 29.3 Å². The minimum absolute atomic E-state index is 0.203. The first-order chi connectivity index (χ1) is 12.0. The van der Waals surface area contributed by atoms with Gasteiger partial charge in [-0.1, -0.05) is 35.3 Å². The number of hydrogen-bond acceptors (Lipinski definition) is 4. The van der Waals surface area contributed by atoms with Gasteiger partial charge in [0.05, 0.1) is 0 Å². The van der Waals surface area contributed by atoms with Crippen LogP contribution in [0.3, 0.4) is 0 Å². The molecule has 1 heterocycles. The van der Waals surface area contributed by atoms with E-state index >= 15 is 0 Å². The Morgan fingerprint density at radius 2 is 1.88 bits per heavy atom. The lowest BCUT2D eigenvalue weighted by Crippen LogP contribution is -2.23. The molecule has 1 aliphatic rings. The fourth-order valence-electron chi connectivity index (χ4n) is 2.27. The Morgan fingerprint density at radius 3 is 2.68 bits per heavy atom. The van der Waals surface area contributed by atoms with E-state index < -0.39 is 10.7 Å². The van der Waals surface area contributed by atoms with Crippen molar-refractivity contribution in [2.75, 3.05) is 12.1 Å². The number of rotatable bonds is 5. The highest BCUT2D eigenvalue weighted by molar-refractivity contribution is 6.54. The van der Waals surface area contributed by atoms with E-state index in [1.807, 2.05) is 12.1 Å². The van der Waals surface area contributed by atoms with Crippen molar-refractivity contribution in [1.82, 2.24) is 5.32 Å². The lowest BCUT2D eigenvalue weighted by Gasteiger charge is -2.09. The average Bonchev–Trinajstić information content (AvgIpc) is 3.07. The monoisotopic (exact) mass is 380 g/mol. The average molecular weight is 381 g/mol. The predicted octanol–water partition coefficient (Wildman–Crippen LogP) is 3.09. The molecule has 0 unspecified atom stereocenters. The van der Waals surface area contributed by atoms with Crippen LogP contribution in [0.15, 0.2) is 42.5 Å². The zero-order valence-electron chi connectivity index (χ0n) is 12.9. The van der Waals surface area contributed by atoms with Gasteiger partial charge >= 0.3 is 0 Å². The number of alkyl halides is 2. The molecule has 2 amide bonds. The van der Waals surface area contributed by atoms with Crippen LogP contribution in [0.2, 0.25) is 0 Å². The van der Waals surface area contributed by atoms with Crippen molar-refractivity contribution in [3.63, 3.8) is 0 Å². The van der Waals surface area contributed by atoms with E-state index in [2.05, 4.69) is 10.6 Å². The number of ether oxygens (including phenoxy) is 2. The summed E-state index contributed by atoms with van der Waals surface area (Å²) in [5, 5.41) is 5.34. The van der Waals surface area contributed by atoms with E-state index in [1.54, 1.807) is 30.3 Å². The summed E-state index contributed by atoms with van der Waals surface area (Å²) in [6, 6.07) is 12.0. The van der Waals surface area contributed by atoms with Crippen LogP contribution in [-0.4, -0.2) is 23.4 Å². The summed E-state index contributed by atoms with van der Waals surface area (Å²) in [7, 11) is 0. The van der Waals surface area contributed by atoms with Crippen molar-refractivity contribution >= 4 is 40.7 Å². The van der Waals surface area contributed by atoms with Crippen LogP contribution >= 0.6 is 23.2 Å². The Bertz CT molecular complexity index is 811. The lowest BCUT2D eigenvalue weighted by molar-refractivity contribution is -0.114. The zero-order valence-corrected chi connectivity index (χ0v) is 14.4. The van der Waals surface area contributed by atoms with Crippen LogP contribution in [0.4, 0.5) is 5.69 Å². The van der Waals surface area contributed by atoms with Crippen molar-refractivity contribution in [2.45, 2.75) is 11.4 Å². The van der Waals surface area contributed by atoms with E-state index in [9.17, 15) is 9.59 Å². The number of fused-ring (bicyclic) bond motifs is 1. The Kier molecular flexibility index (Phi) is 5.31. The minimum Gasteiger partial charge on any atom is -0.454 e. The second kappa shape index (κ2) is 7.63. The maximum Gasteiger partial charge on any atom is 0.257 e. The van der Waals surface area contributed by atoms with Gasteiger partial charge in [0.15, 0.2) is 16.3 Å². The van der Waals surface area contributed by atoms with Crippen molar-refractivity contribution < 1.29 is 19.1 Å². The van der Waals surface area contributed by atoms with Gasteiger partial charge in [-0.15, -0.1) is 0 Å². The third-order valence-corrected chi connectivity index (χ3v) is 3.88. The van der Waals surface area contributed by atoms with E-state index in [-0.39, 0.29) is 12.7 Å². The van der Waals surface area contributed by atoms with Crippen LogP contribution in [0.1, 0.15) is 15.9 Å². The van der Waals surface area contributed by atoms with Crippen LogP contribution in [-0.2, 0) is 11.3 Å². The normalized spacial score (nSPS) is 12.1. The molecule has 0 bridgehead atoms. The molecule has 25 heavy (non-hydrogen) atoms. The molecule has 6 nitrogen and oxygen atoms in total. The van der Waals surface area contributed by atoms with Crippen LogP contribution in [0, 0.1) is 0 Å². The van der Waals surface area contributed by atoms with E-state index in [1.165, 1.54) is 0 Å². The molecule has 0 saturated carbocycles. The first-order valence-electron chi connectivity index (χ1n) is 7.39. The zero-order chi connectivity index (χ0) is 17.8. The number of benzene rings is 2. The smallest absolute Gasteiger partial charge is 0.257 e. The molecule has 0 atom stereocenters. The highest BCUT2D eigenvalue weighted by Crippen LogP contribution is 2.32. The lowest BCUT2D eigenvalue weighted by atomic mass is 10.1. The molecule has 8 heteroatoms. The summed E-state index contributed by atoms with van der Waals surface area (Å²) < 4.78 is 10.6. The molecule has 0 spiro atoms. The molecule has 0 radical (unpaired) electrons. The molecular weight excluding hydrogens is 367 g/mol. The molecule has 0 saturated heterocycles. The second-order valence-electron chi connectivity index (χ2n) is 5.24. The summed E-state index contributed by atoms with van der Waals surface area (Å²) in [6.07, 6.45) is 0. The first-order valence-corrected chi connectivity index (χ1v) is 8.26. The summed E-state index contributed by atoms with van der Waals surface area (Å²) in [5.41, 5.74) is 1.72. The van der Waals surface area contributed by atoms with Crippen LogP contribution < -0.4 is 20.1 Å². The number of carbonyl (C=O) groups is 2. The number of nitrogens with one attached hydrogen (secondary N) is 2. The predicted molar refractivity (Wildman–Crippen MR) is 94.3 cm³/mol. The fraction of sp³-hybridized carbons (Fsp3) is 0.176. The maximum absolute atomic E-state index is 12.3. The highest BCUT2D eigenvalue weighted by Gasteiger charge is 2.15. The summed E-state index contributed by atoms with van der Waals surface area (Å²) in [6.45, 7) is 0.534. The van der Waals surface area contributed by atoms with Gasteiger partial charge in [0.1, 0.15) is 0 Å². The standard InChI is InChI=1S/C17H14Cl2N2O4/c18-15(19)17(23)21-12-3-1-2-11(7-12)16(22)20-8-10-4-5-13-14(6-10)25-9-24-13/h1-7,15H,8-9H2,(H,20,22)(H,21,23). The van der Waals surface area contributed by atoms with Crippen molar-refractivity contribution in [3.8, 4) is 11.5 Å².